The molecule has 0 spiro atoms. The fourth-order valence-electron chi connectivity index (χ4n) is 4.39. The summed E-state index contributed by atoms with van der Waals surface area (Å²) in [7, 11) is 1.63. The molecule has 0 aliphatic rings. The molecule has 0 saturated heterocycles. The standard InChI is InChI=1S/C28H30N2O3/c1-19-9-7-8-12-22(19)18-30-26-15-23(33-3)13-14-24(26)25(27(30)28(31)32)17-29-16-20(2)21-10-5-4-6-11-21/h4-15,20,29H,16-18H2,1-3H3,(H,31,32)/t20-/m0/s1. The van der Waals surface area contributed by atoms with Crippen LogP contribution in [-0.4, -0.2) is 29.3 Å². The highest BCUT2D eigenvalue weighted by atomic mass is 16.5. The summed E-state index contributed by atoms with van der Waals surface area (Å²) in [5.74, 6) is 0.103. The summed E-state index contributed by atoms with van der Waals surface area (Å²) >= 11 is 0. The molecular formula is C28H30N2O3. The molecule has 5 heteroatoms. The minimum absolute atomic E-state index is 0.319. The molecule has 0 bridgehead atoms. The van der Waals surface area contributed by atoms with Crippen molar-refractivity contribution in [3.63, 3.8) is 0 Å². The number of carbonyl (C=O) groups is 1. The quantitative estimate of drug-likeness (QED) is 0.354. The van der Waals surface area contributed by atoms with E-state index >= 15 is 0 Å². The van der Waals surface area contributed by atoms with Gasteiger partial charge < -0.3 is 19.7 Å². The number of aromatic carboxylic acids is 1. The Bertz CT molecular complexity index is 1260. The molecule has 170 valence electrons. The summed E-state index contributed by atoms with van der Waals surface area (Å²) in [6, 6.07) is 24.2. The van der Waals surface area contributed by atoms with Crippen LogP contribution in [0.2, 0.25) is 0 Å². The zero-order valence-corrected chi connectivity index (χ0v) is 19.3. The summed E-state index contributed by atoms with van der Waals surface area (Å²) in [4.78, 5) is 12.5. The number of nitrogens with one attached hydrogen (secondary N) is 1. The van der Waals surface area contributed by atoms with Crippen molar-refractivity contribution in [2.24, 2.45) is 0 Å². The van der Waals surface area contributed by atoms with Crippen LogP contribution in [0, 0.1) is 6.92 Å². The minimum Gasteiger partial charge on any atom is -0.497 e. The third-order valence-corrected chi connectivity index (χ3v) is 6.29. The molecule has 2 N–H and O–H groups in total. The van der Waals surface area contributed by atoms with Gasteiger partial charge >= 0.3 is 5.97 Å². The van der Waals surface area contributed by atoms with Crippen LogP contribution in [0.5, 0.6) is 5.75 Å². The highest BCUT2D eigenvalue weighted by molar-refractivity contribution is 5.98. The van der Waals surface area contributed by atoms with Crippen LogP contribution in [0.3, 0.4) is 0 Å². The Kier molecular flexibility index (Phi) is 6.80. The lowest BCUT2D eigenvalue weighted by atomic mass is 10.0. The second kappa shape index (κ2) is 9.92. The van der Waals surface area contributed by atoms with Gasteiger partial charge in [0.15, 0.2) is 0 Å². The van der Waals surface area contributed by atoms with Crippen molar-refractivity contribution in [1.82, 2.24) is 9.88 Å². The highest BCUT2D eigenvalue weighted by Gasteiger charge is 2.23. The van der Waals surface area contributed by atoms with Gasteiger partial charge in [0.05, 0.1) is 12.6 Å². The fraction of sp³-hybridized carbons (Fsp3) is 0.250. The first kappa shape index (κ1) is 22.6. The molecule has 1 aromatic heterocycles. The Morgan fingerprint density at radius 1 is 1.06 bits per heavy atom. The van der Waals surface area contributed by atoms with Crippen molar-refractivity contribution in [3.8, 4) is 5.75 Å². The maximum Gasteiger partial charge on any atom is 0.352 e. The summed E-state index contributed by atoms with van der Waals surface area (Å²) in [6.45, 7) is 5.94. The number of fused-ring (bicyclic) bond motifs is 1. The van der Waals surface area contributed by atoms with E-state index in [4.69, 9.17) is 4.74 Å². The summed E-state index contributed by atoms with van der Waals surface area (Å²) in [5.41, 5.74) is 5.47. The van der Waals surface area contributed by atoms with E-state index in [-0.39, 0.29) is 0 Å². The van der Waals surface area contributed by atoms with Gasteiger partial charge in [0.1, 0.15) is 11.4 Å². The van der Waals surface area contributed by atoms with Gasteiger partial charge in [-0.25, -0.2) is 4.79 Å². The van der Waals surface area contributed by atoms with Crippen molar-refractivity contribution in [2.45, 2.75) is 32.9 Å². The van der Waals surface area contributed by atoms with Crippen LogP contribution in [0.1, 0.15) is 45.6 Å². The van der Waals surface area contributed by atoms with E-state index in [0.29, 0.717) is 30.5 Å². The van der Waals surface area contributed by atoms with Gasteiger partial charge in [0, 0.05) is 36.7 Å². The summed E-state index contributed by atoms with van der Waals surface area (Å²) in [5, 5.41) is 14.7. The number of hydrogen-bond acceptors (Lipinski definition) is 3. The smallest absolute Gasteiger partial charge is 0.352 e. The van der Waals surface area contributed by atoms with Gasteiger partial charge in [0.2, 0.25) is 0 Å². The van der Waals surface area contributed by atoms with Crippen molar-refractivity contribution >= 4 is 16.9 Å². The molecule has 5 nitrogen and oxygen atoms in total. The van der Waals surface area contributed by atoms with Gasteiger partial charge in [-0.15, -0.1) is 0 Å². The molecule has 4 aromatic rings. The van der Waals surface area contributed by atoms with Gasteiger partial charge in [-0.3, -0.25) is 0 Å². The molecule has 0 radical (unpaired) electrons. The maximum absolute atomic E-state index is 12.5. The number of hydrogen-bond donors (Lipinski definition) is 2. The van der Waals surface area contributed by atoms with Gasteiger partial charge in [-0.2, -0.15) is 0 Å². The number of methoxy groups -OCH3 is 1. The van der Waals surface area contributed by atoms with Crippen molar-refractivity contribution in [1.29, 1.82) is 0 Å². The Morgan fingerprint density at radius 2 is 1.79 bits per heavy atom. The minimum atomic E-state index is -0.924. The molecule has 0 aliphatic heterocycles. The fourth-order valence-corrected chi connectivity index (χ4v) is 4.39. The van der Waals surface area contributed by atoms with E-state index in [1.54, 1.807) is 7.11 Å². The average molecular weight is 443 g/mol. The van der Waals surface area contributed by atoms with E-state index in [0.717, 1.165) is 34.1 Å². The predicted molar refractivity (Wildman–Crippen MR) is 132 cm³/mol. The third kappa shape index (κ3) is 4.78. The second-order valence-corrected chi connectivity index (χ2v) is 8.47. The molecule has 0 saturated carbocycles. The normalized spacial score (nSPS) is 12.1. The molecule has 0 amide bonds. The number of benzene rings is 3. The summed E-state index contributed by atoms with van der Waals surface area (Å²) < 4.78 is 7.35. The van der Waals surface area contributed by atoms with Crippen LogP contribution >= 0.6 is 0 Å². The number of rotatable bonds is 9. The molecule has 0 unspecified atom stereocenters. The lowest BCUT2D eigenvalue weighted by Crippen LogP contribution is -2.21. The first-order valence-corrected chi connectivity index (χ1v) is 11.2. The Morgan fingerprint density at radius 3 is 2.48 bits per heavy atom. The molecular weight excluding hydrogens is 412 g/mol. The average Bonchev–Trinajstić information content (AvgIpc) is 3.13. The highest BCUT2D eigenvalue weighted by Crippen LogP contribution is 2.31. The Labute approximate surface area is 194 Å². The number of carboxylic acids is 1. The van der Waals surface area contributed by atoms with E-state index in [2.05, 4.69) is 37.4 Å². The Hall–Kier alpha value is -3.57. The number of carboxylic acid groups (broad SMARTS) is 1. The zero-order valence-electron chi connectivity index (χ0n) is 19.3. The molecule has 0 fully saturated rings. The van der Waals surface area contributed by atoms with E-state index in [1.165, 1.54) is 5.56 Å². The molecule has 1 atom stereocenters. The lowest BCUT2D eigenvalue weighted by molar-refractivity contribution is 0.0684. The van der Waals surface area contributed by atoms with Crippen molar-refractivity contribution in [2.75, 3.05) is 13.7 Å². The van der Waals surface area contributed by atoms with Crippen LogP contribution in [0.15, 0.2) is 72.8 Å². The molecule has 0 aliphatic carbocycles. The van der Waals surface area contributed by atoms with Crippen molar-refractivity contribution < 1.29 is 14.6 Å². The third-order valence-electron chi connectivity index (χ3n) is 6.29. The van der Waals surface area contributed by atoms with E-state index in [1.807, 2.05) is 59.2 Å². The van der Waals surface area contributed by atoms with Gasteiger partial charge in [-0.05, 0) is 41.7 Å². The molecule has 1 heterocycles. The van der Waals surface area contributed by atoms with Gasteiger partial charge in [0.25, 0.3) is 0 Å². The van der Waals surface area contributed by atoms with E-state index in [9.17, 15) is 9.90 Å². The molecule has 3 aromatic carbocycles. The SMILES string of the molecule is COc1ccc2c(CNC[C@H](C)c3ccccc3)c(C(=O)O)n(Cc3ccccc3C)c2c1. The van der Waals surface area contributed by atoms with Crippen molar-refractivity contribution in [3.05, 3.63) is 101 Å². The zero-order chi connectivity index (χ0) is 23.4. The number of aryl methyl sites for hydroxylation is 1. The largest absolute Gasteiger partial charge is 0.497 e. The second-order valence-electron chi connectivity index (χ2n) is 8.47. The summed E-state index contributed by atoms with van der Waals surface area (Å²) in [6.07, 6.45) is 0. The predicted octanol–water partition coefficient (Wildman–Crippen LogP) is 5.60. The monoisotopic (exact) mass is 442 g/mol. The van der Waals surface area contributed by atoms with E-state index < -0.39 is 5.97 Å². The van der Waals surface area contributed by atoms with Gasteiger partial charge in [-0.1, -0.05) is 61.5 Å². The van der Waals surface area contributed by atoms with Crippen LogP contribution in [-0.2, 0) is 13.1 Å². The Balaban J connectivity index is 1.71. The number of ether oxygens (including phenoxy) is 1. The number of aromatic nitrogens is 1. The lowest BCUT2D eigenvalue weighted by Gasteiger charge is -2.14. The van der Waals surface area contributed by atoms with Crippen LogP contribution in [0.4, 0.5) is 0 Å². The molecule has 33 heavy (non-hydrogen) atoms. The van der Waals surface area contributed by atoms with Crippen LogP contribution < -0.4 is 10.1 Å². The van der Waals surface area contributed by atoms with Crippen LogP contribution in [0.25, 0.3) is 10.9 Å². The maximum atomic E-state index is 12.5. The topological polar surface area (TPSA) is 63.5 Å². The molecule has 4 rings (SSSR count). The first-order chi connectivity index (χ1) is 16.0. The number of nitrogens with zero attached hydrogens (tertiary/aromatic N) is 1. The first-order valence-electron chi connectivity index (χ1n) is 11.2.